The van der Waals surface area contributed by atoms with E-state index in [0.717, 1.165) is 29.9 Å². The zero-order chi connectivity index (χ0) is 20.5. The molecule has 0 unspecified atom stereocenters. The Bertz CT molecular complexity index is 552. The highest BCUT2D eigenvalue weighted by atomic mass is 28.3. The van der Waals surface area contributed by atoms with E-state index in [0.29, 0.717) is 6.10 Å². The fraction of sp³-hybridized carbons (Fsp3) is 0.778. The van der Waals surface area contributed by atoms with Crippen LogP contribution in [-0.2, 0) is 0 Å². The maximum absolute atomic E-state index is 6.04. The minimum Gasteiger partial charge on any atom is -0.491 e. The monoisotopic (exact) mass is 414 g/mol. The summed E-state index contributed by atoms with van der Waals surface area (Å²) in [6.07, 6.45) is 16.0. The van der Waals surface area contributed by atoms with E-state index in [1.807, 2.05) is 0 Å². The van der Waals surface area contributed by atoms with E-state index in [4.69, 9.17) is 4.74 Å². The van der Waals surface area contributed by atoms with Crippen LogP contribution < -0.4 is 4.74 Å². The van der Waals surface area contributed by atoms with Crippen molar-refractivity contribution in [1.82, 2.24) is 0 Å². The van der Waals surface area contributed by atoms with Crippen LogP contribution in [0, 0.1) is 11.8 Å². The van der Waals surface area contributed by atoms with Crippen LogP contribution in [0.3, 0.4) is 0 Å². The number of hydrogen-bond acceptors (Lipinski definition) is 1. The van der Waals surface area contributed by atoms with Crippen molar-refractivity contribution in [3.8, 4) is 5.75 Å². The second-order valence-corrected chi connectivity index (χ2v) is 13.6. The van der Waals surface area contributed by atoms with Crippen LogP contribution in [0.15, 0.2) is 24.3 Å². The molecule has 3 rings (SSSR count). The van der Waals surface area contributed by atoms with Gasteiger partial charge in [0.2, 0.25) is 0 Å². The molecule has 0 amide bonds. The predicted molar refractivity (Wildman–Crippen MR) is 130 cm³/mol. The lowest BCUT2D eigenvalue weighted by atomic mass is 9.72. The molecule has 0 N–H and O–H groups in total. The van der Waals surface area contributed by atoms with Crippen LogP contribution in [0.5, 0.6) is 5.75 Å². The quantitative estimate of drug-likeness (QED) is 0.276. The molecule has 1 saturated heterocycles. The number of rotatable bonds is 10. The van der Waals surface area contributed by atoms with Crippen molar-refractivity contribution in [1.29, 1.82) is 0 Å². The molecule has 1 aliphatic heterocycles. The molecule has 2 heteroatoms. The van der Waals surface area contributed by atoms with Crippen molar-refractivity contribution < 1.29 is 4.74 Å². The molecule has 1 saturated carbocycles. The van der Waals surface area contributed by atoms with Gasteiger partial charge in [0.25, 0.3) is 0 Å². The smallest absolute Gasteiger partial charge is 0.119 e. The Morgan fingerprint density at radius 1 is 0.862 bits per heavy atom. The van der Waals surface area contributed by atoms with Gasteiger partial charge in [-0.3, -0.25) is 0 Å². The third-order valence-electron chi connectivity index (χ3n) is 7.93. The van der Waals surface area contributed by atoms with Crippen molar-refractivity contribution in [3.63, 3.8) is 0 Å². The summed E-state index contributed by atoms with van der Waals surface area (Å²) in [5, 5.41) is 0. The lowest BCUT2D eigenvalue weighted by Crippen LogP contribution is -2.28. The highest BCUT2D eigenvalue weighted by Gasteiger charge is 2.31. The van der Waals surface area contributed by atoms with Crippen molar-refractivity contribution in [2.45, 2.75) is 122 Å². The molecule has 2 aliphatic rings. The molecule has 1 nitrogen and oxygen atoms in total. The number of unbranched alkanes of at least 4 members (excludes halogenated alkanes) is 2. The minimum absolute atomic E-state index is 0.325. The fourth-order valence-electron chi connectivity index (χ4n) is 6.07. The Morgan fingerprint density at radius 2 is 1.52 bits per heavy atom. The van der Waals surface area contributed by atoms with Gasteiger partial charge >= 0.3 is 0 Å². The zero-order valence-corrected chi connectivity index (χ0v) is 20.7. The molecule has 1 aromatic carbocycles. The average molecular weight is 415 g/mol. The van der Waals surface area contributed by atoms with Gasteiger partial charge in [-0.1, -0.05) is 82.6 Å². The van der Waals surface area contributed by atoms with Crippen LogP contribution in [0.2, 0.25) is 18.1 Å². The van der Waals surface area contributed by atoms with Gasteiger partial charge in [0.1, 0.15) is 5.75 Å². The molecule has 164 valence electrons. The molecule has 1 aliphatic carbocycles. The molecule has 1 heterocycles. The van der Waals surface area contributed by atoms with Gasteiger partial charge < -0.3 is 4.74 Å². The predicted octanol–water partition coefficient (Wildman–Crippen LogP) is 8.36. The van der Waals surface area contributed by atoms with Crippen molar-refractivity contribution in [2.24, 2.45) is 11.8 Å². The Balaban J connectivity index is 1.39. The molecule has 0 spiro atoms. The fourth-order valence-corrected chi connectivity index (χ4v) is 9.60. The van der Waals surface area contributed by atoms with Gasteiger partial charge in [0.05, 0.1) is 6.10 Å². The normalized spacial score (nSPS) is 28.8. The van der Waals surface area contributed by atoms with Crippen LogP contribution in [0.25, 0.3) is 0 Å². The summed E-state index contributed by atoms with van der Waals surface area (Å²) < 4.78 is 6.04. The first-order chi connectivity index (χ1) is 14.2. The van der Waals surface area contributed by atoms with Gasteiger partial charge in [-0.15, -0.1) is 0 Å². The van der Waals surface area contributed by atoms with Gasteiger partial charge in [0.15, 0.2) is 0 Å². The van der Waals surface area contributed by atoms with Crippen LogP contribution in [0.4, 0.5) is 0 Å². The highest BCUT2D eigenvalue weighted by molar-refractivity contribution is 6.58. The lowest BCUT2D eigenvalue weighted by molar-refractivity contribution is 0.209. The second kappa shape index (κ2) is 12.2. The second-order valence-electron chi connectivity index (χ2n) is 10.2. The van der Waals surface area contributed by atoms with Gasteiger partial charge in [-0.05, 0) is 74.5 Å². The molecule has 0 aromatic heterocycles. The average Bonchev–Trinajstić information content (AvgIpc) is 2.75. The Kier molecular flexibility index (Phi) is 9.62. The maximum Gasteiger partial charge on any atom is 0.119 e. The molecule has 1 aromatic rings. The summed E-state index contributed by atoms with van der Waals surface area (Å²) in [4.78, 5) is 0. The SMILES string of the molecule is CCCCC[SiH]1CCC(C2CCC(c3ccc(O[C@@H](C)CCC)cc3)CC2)CC1. The van der Waals surface area contributed by atoms with Gasteiger partial charge in [-0.2, -0.15) is 0 Å². The number of ether oxygens (including phenoxy) is 1. The van der Waals surface area contributed by atoms with Crippen molar-refractivity contribution >= 4 is 8.80 Å². The van der Waals surface area contributed by atoms with Crippen LogP contribution in [0.1, 0.15) is 103 Å². The molecule has 2 fully saturated rings. The number of hydrogen-bond donors (Lipinski definition) is 0. The van der Waals surface area contributed by atoms with E-state index in [-0.39, 0.29) is 8.80 Å². The topological polar surface area (TPSA) is 9.23 Å². The summed E-state index contributed by atoms with van der Waals surface area (Å²) in [6.45, 7) is 6.74. The molecule has 1 atom stereocenters. The van der Waals surface area contributed by atoms with E-state index in [2.05, 4.69) is 45.0 Å². The van der Waals surface area contributed by atoms with Crippen molar-refractivity contribution in [2.75, 3.05) is 0 Å². The summed E-state index contributed by atoms with van der Waals surface area (Å²) in [5.41, 5.74) is 1.55. The first-order valence-corrected chi connectivity index (χ1v) is 15.4. The van der Waals surface area contributed by atoms with E-state index >= 15 is 0 Å². The molecule has 0 radical (unpaired) electrons. The summed E-state index contributed by atoms with van der Waals surface area (Å²) in [6, 6.07) is 14.1. The lowest BCUT2D eigenvalue weighted by Gasteiger charge is -2.37. The van der Waals surface area contributed by atoms with Gasteiger partial charge in [-0.25, -0.2) is 0 Å². The van der Waals surface area contributed by atoms with E-state index in [9.17, 15) is 0 Å². The standard InChI is InChI=1S/C27H46OSi/c1-4-6-7-19-29-20-17-26(18-21-29)24-11-9-23(10-12-24)25-13-15-27(16-14-25)28-22(3)8-5-2/h13-16,22-24,26,29H,4-12,17-21H2,1-3H3/t22-,23?,24?,26?,29?/m0/s1. The Morgan fingerprint density at radius 3 is 2.14 bits per heavy atom. The molecule has 29 heavy (non-hydrogen) atoms. The van der Waals surface area contributed by atoms with Crippen LogP contribution in [-0.4, -0.2) is 14.9 Å². The molecular formula is C27H46OSi. The van der Waals surface area contributed by atoms with Gasteiger partial charge in [0, 0.05) is 8.80 Å². The third kappa shape index (κ3) is 7.16. The first kappa shape index (κ1) is 22.9. The maximum atomic E-state index is 6.04. The summed E-state index contributed by atoms with van der Waals surface area (Å²) in [5.74, 6) is 3.94. The summed E-state index contributed by atoms with van der Waals surface area (Å²) in [7, 11) is -0.344. The van der Waals surface area contributed by atoms with Crippen molar-refractivity contribution in [3.05, 3.63) is 29.8 Å². The van der Waals surface area contributed by atoms with E-state index in [1.165, 1.54) is 51.4 Å². The third-order valence-corrected chi connectivity index (χ3v) is 11.5. The Labute approximate surface area is 182 Å². The van der Waals surface area contributed by atoms with E-state index in [1.54, 1.807) is 36.5 Å². The molecular weight excluding hydrogens is 368 g/mol. The number of benzene rings is 1. The molecule has 0 bridgehead atoms. The highest BCUT2D eigenvalue weighted by Crippen LogP contribution is 2.43. The van der Waals surface area contributed by atoms with Crippen LogP contribution >= 0.6 is 0 Å². The first-order valence-electron chi connectivity index (χ1n) is 13.0. The summed E-state index contributed by atoms with van der Waals surface area (Å²) >= 11 is 0. The Hall–Kier alpha value is -0.763. The zero-order valence-electron chi connectivity index (χ0n) is 19.5. The van der Waals surface area contributed by atoms with E-state index < -0.39 is 0 Å². The largest absolute Gasteiger partial charge is 0.491 e. The minimum atomic E-state index is -0.344.